The molecule has 2 unspecified atom stereocenters. The normalized spacial score (nSPS) is 23.8. The number of carboxylic acids is 1. The summed E-state index contributed by atoms with van der Waals surface area (Å²) >= 11 is 1.47. The number of hydrogen-bond acceptors (Lipinski definition) is 4. The van der Waals surface area contributed by atoms with E-state index in [0.717, 1.165) is 10.6 Å². The van der Waals surface area contributed by atoms with Gasteiger partial charge in [-0.2, -0.15) is 0 Å². The minimum atomic E-state index is -0.872. The zero-order chi connectivity index (χ0) is 16.6. The second kappa shape index (κ2) is 6.23. The average molecular weight is 334 g/mol. The number of carboxylic acid groups (broad SMARTS) is 1. The van der Waals surface area contributed by atoms with Gasteiger partial charge in [-0.05, 0) is 25.5 Å². The highest BCUT2D eigenvalue weighted by atomic mass is 32.2. The Hall–Kier alpha value is -2.02. The summed E-state index contributed by atoms with van der Waals surface area (Å²) in [5.41, 5.74) is 0.753. The van der Waals surface area contributed by atoms with E-state index in [0.29, 0.717) is 18.7 Å². The molecular weight excluding hydrogens is 316 g/mol. The number of rotatable bonds is 3. The number of aliphatic carboxylic acids is 1. The van der Waals surface area contributed by atoms with E-state index >= 15 is 0 Å². The topological polar surface area (TPSA) is 77.9 Å². The van der Waals surface area contributed by atoms with E-state index in [4.69, 9.17) is 0 Å². The van der Waals surface area contributed by atoms with E-state index in [2.05, 4.69) is 0 Å². The lowest BCUT2D eigenvalue weighted by Crippen LogP contribution is -2.47. The molecule has 0 radical (unpaired) electrons. The molecule has 122 valence electrons. The summed E-state index contributed by atoms with van der Waals surface area (Å²) in [7, 11) is 0. The van der Waals surface area contributed by atoms with Crippen LogP contribution >= 0.6 is 11.8 Å². The lowest BCUT2D eigenvalue weighted by molar-refractivity contribution is -0.143. The summed E-state index contributed by atoms with van der Waals surface area (Å²) in [4.78, 5) is 40.0. The highest BCUT2D eigenvalue weighted by molar-refractivity contribution is 8.00. The Labute approximate surface area is 138 Å². The van der Waals surface area contributed by atoms with Crippen LogP contribution in [0.3, 0.4) is 0 Å². The number of carbonyl (C=O) groups is 3. The number of hydrogen-bond donors (Lipinski definition) is 1. The standard InChI is InChI=1S/C16H18N2O4S/c1-10-11(16(21)22)6-7-17(10)14(19)8-18-12-4-2-3-5-13(12)23-9-15(18)20/h2-5,10-11H,6-9H2,1H3,(H,21,22). The van der Waals surface area contributed by atoms with E-state index < -0.39 is 11.9 Å². The maximum Gasteiger partial charge on any atom is 0.308 e. The first-order valence-corrected chi connectivity index (χ1v) is 8.52. The number of fused-ring (bicyclic) bond motifs is 1. The summed E-state index contributed by atoms with van der Waals surface area (Å²) in [5.74, 6) is -1.38. The van der Waals surface area contributed by atoms with Crippen LogP contribution in [-0.4, -0.2) is 52.7 Å². The van der Waals surface area contributed by atoms with E-state index in [1.54, 1.807) is 11.8 Å². The van der Waals surface area contributed by atoms with Crippen LogP contribution < -0.4 is 4.90 Å². The minimum Gasteiger partial charge on any atom is -0.481 e. The number of benzene rings is 1. The molecule has 0 bridgehead atoms. The second-order valence-electron chi connectivity index (χ2n) is 5.80. The number of anilines is 1. The van der Waals surface area contributed by atoms with Crippen LogP contribution in [0.2, 0.25) is 0 Å². The predicted octanol–water partition coefficient (Wildman–Crippen LogP) is 1.45. The molecule has 2 atom stereocenters. The summed E-state index contributed by atoms with van der Waals surface area (Å²) in [6.45, 7) is 2.15. The van der Waals surface area contributed by atoms with Gasteiger partial charge in [0.2, 0.25) is 11.8 Å². The number of likely N-dealkylation sites (tertiary alicyclic amines) is 1. The van der Waals surface area contributed by atoms with Crippen molar-refractivity contribution in [1.82, 2.24) is 4.90 Å². The van der Waals surface area contributed by atoms with Crippen molar-refractivity contribution in [3.05, 3.63) is 24.3 Å². The first-order chi connectivity index (χ1) is 11.0. The third-order valence-electron chi connectivity index (χ3n) is 4.49. The van der Waals surface area contributed by atoms with Gasteiger partial charge in [0.25, 0.3) is 0 Å². The van der Waals surface area contributed by atoms with Gasteiger partial charge >= 0.3 is 5.97 Å². The molecule has 7 heteroatoms. The van der Waals surface area contributed by atoms with Crippen molar-refractivity contribution >= 4 is 35.2 Å². The molecule has 23 heavy (non-hydrogen) atoms. The van der Waals surface area contributed by atoms with E-state index in [1.165, 1.54) is 16.7 Å². The zero-order valence-corrected chi connectivity index (χ0v) is 13.6. The molecule has 0 saturated carbocycles. The van der Waals surface area contributed by atoms with Crippen molar-refractivity contribution in [2.24, 2.45) is 5.92 Å². The van der Waals surface area contributed by atoms with Gasteiger partial charge in [-0.1, -0.05) is 12.1 Å². The largest absolute Gasteiger partial charge is 0.481 e. The van der Waals surface area contributed by atoms with Gasteiger partial charge in [-0.25, -0.2) is 0 Å². The van der Waals surface area contributed by atoms with Crippen LogP contribution in [0.1, 0.15) is 13.3 Å². The van der Waals surface area contributed by atoms with Crippen molar-refractivity contribution < 1.29 is 19.5 Å². The molecule has 1 aromatic rings. The van der Waals surface area contributed by atoms with Crippen molar-refractivity contribution in [3.63, 3.8) is 0 Å². The maximum atomic E-state index is 12.6. The maximum absolute atomic E-state index is 12.6. The van der Waals surface area contributed by atoms with Gasteiger partial charge < -0.3 is 14.9 Å². The van der Waals surface area contributed by atoms with Crippen LogP contribution in [-0.2, 0) is 14.4 Å². The lowest BCUT2D eigenvalue weighted by atomic mass is 10.0. The van der Waals surface area contributed by atoms with Gasteiger partial charge in [0, 0.05) is 17.5 Å². The molecule has 1 N–H and O–H groups in total. The molecule has 0 aliphatic carbocycles. The number of nitrogens with zero attached hydrogens (tertiary/aromatic N) is 2. The molecule has 1 saturated heterocycles. The van der Waals surface area contributed by atoms with Crippen molar-refractivity contribution in [2.45, 2.75) is 24.3 Å². The SMILES string of the molecule is CC1C(C(=O)O)CCN1C(=O)CN1C(=O)CSc2ccccc21. The van der Waals surface area contributed by atoms with Crippen LogP contribution in [0, 0.1) is 5.92 Å². The first kappa shape index (κ1) is 15.9. The highest BCUT2D eigenvalue weighted by Crippen LogP contribution is 2.35. The van der Waals surface area contributed by atoms with Crippen LogP contribution in [0.25, 0.3) is 0 Å². The number of para-hydroxylation sites is 1. The van der Waals surface area contributed by atoms with Crippen molar-refractivity contribution in [3.8, 4) is 0 Å². The molecule has 6 nitrogen and oxygen atoms in total. The lowest BCUT2D eigenvalue weighted by Gasteiger charge is -2.31. The number of carbonyl (C=O) groups excluding carboxylic acids is 2. The summed E-state index contributed by atoms with van der Waals surface area (Å²) in [6.07, 6.45) is 0.461. The molecule has 1 aromatic carbocycles. The smallest absolute Gasteiger partial charge is 0.308 e. The second-order valence-corrected chi connectivity index (χ2v) is 6.81. The van der Waals surface area contributed by atoms with E-state index in [1.807, 2.05) is 24.3 Å². The molecule has 2 heterocycles. The molecule has 0 aromatic heterocycles. The quantitative estimate of drug-likeness (QED) is 0.905. The van der Waals surface area contributed by atoms with E-state index in [9.17, 15) is 19.5 Å². The first-order valence-electron chi connectivity index (χ1n) is 7.53. The summed E-state index contributed by atoms with van der Waals surface area (Å²) in [6, 6.07) is 7.17. The monoisotopic (exact) mass is 334 g/mol. The molecule has 2 aliphatic heterocycles. The Kier molecular flexibility index (Phi) is 4.30. The molecule has 0 spiro atoms. The van der Waals surface area contributed by atoms with Crippen LogP contribution in [0.15, 0.2) is 29.2 Å². The molecule has 2 aliphatic rings. The fraction of sp³-hybridized carbons (Fsp3) is 0.438. The Balaban J connectivity index is 1.76. The van der Waals surface area contributed by atoms with Gasteiger partial charge in [0.1, 0.15) is 6.54 Å². The molecular formula is C16H18N2O4S. The fourth-order valence-electron chi connectivity index (χ4n) is 3.18. The van der Waals surface area contributed by atoms with Gasteiger partial charge in [0.15, 0.2) is 0 Å². The average Bonchev–Trinajstić information content (AvgIpc) is 2.92. The highest BCUT2D eigenvalue weighted by Gasteiger charge is 2.39. The minimum absolute atomic E-state index is 0.0346. The molecule has 2 amide bonds. The Morgan fingerprint density at radius 2 is 2.09 bits per heavy atom. The number of thioether (sulfide) groups is 1. The van der Waals surface area contributed by atoms with Gasteiger partial charge in [-0.15, -0.1) is 11.8 Å². The summed E-state index contributed by atoms with van der Waals surface area (Å²) < 4.78 is 0. The molecule has 3 rings (SSSR count). The Morgan fingerprint density at radius 1 is 1.35 bits per heavy atom. The summed E-state index contributed by atoms with van der Waals surface area (Å²) in [5, 5.41) is 9.17. The van der Waals surface area contributed by atoms with E-state index in [-0.39, 0.29) is 24.4 Å². The third kappa shape index (κ3) is 2.93. The van der Waals surface area contributed by atoms with Gasteiger partial charge in [0.05, 0.1) is 17.4 Å². The van der Waals surface area contributed by atoms with Crippen LogP contribution in [0.4, 0.5) is 5.69 Å². The van der Waals surface area contributed by atoms with Gasteiger partial charge in [-0.3, -0.25) is 14.4 Å². The number of amides is 2. The van der Waals surface area contributed by atoms with Crippen LogP contribution in [0.5, 0.6) is 0 Å². The predicted molar refractivity (Wildman–Crippen MR) is 86.4 cm³/mol. The third-order valence-corrected chi connectivity index (χ3v) is 5.54. The van der Waals surface area contributed by atoms with Crippen molar-refractivity contribution in [2.75, 3.05) is 23.7 Å². The fourth-order valence-corrected chi connectivity index (χ4v) is 4.11. The Bertz CT molecular complexity index is 663. The zero-order valence-electron chi connectivity index (χ0n) is 12.8. The Morgan fingerprint density at radius 3 is 2.78 bits per heavy atom. The van der Waals surface area contributed by atoms with Crippen molar-refractivity contribution in [1.29, 1.82) is 0 Å². The molecule has 1 fully saturated rings.